The summed E-state index contributed by atoms with van der Waals surface area (Å²) in [6, 6.07) is 13.9. The molecule has 7 nitrogen and oxygen atoms in total. The van der Waals surface area contributed by atoms with Crippen LogP contribution in [0.3, 0.4) is 0 Å². The first kappa shape index (κ1) is 24.2. The van der Waals surface area contributed by atoms with E-state index in [2.05, 4.69) is 26.1 Å². The first-order valence-corrected chi connectivity index (χ1v) is 13.8. The van der Waals surface area contributed by atoms with Crippen molar-refractivity contribution in [3.63, 3.8) is 0 Å². The number of nitrogens with zero attached hydrogens (tertiary/aromatic N) is 2. The SMILES string of the molecule is CCN(c1ccc2sc(C(=O)NCCN3CCOCC3)cc2c1)S(=O)(=O)c1ccc(Br)cc1. The molecule has 1 fully saturated rings. The minimum absolute atomic E-state index is 0.110. The van der Waals surface area contributed by atoms with Gasteiger partial charge in [0, 0.05) is 41.9 Å². The van der Waals surface area contributed by atoms with Crippen LogP contribution in [0.2, 0.25) is 0 Å². The van der Waals surface area contributed by atoms with Crippen molar-refractivity contribution in [3.8, 4) is 0 Å². The fourth-order valence-corrected chi connectivity index (χ4v) is 6.45. The van der Waals surface area contributed by atoms with Crippen molar-refractivity contribution in [1.29, 1.82) is 0 Å². The lowest BCUT2D eigenvalue weighted by Crippen LogP contribution is -2.41. The minimum atomic E-state index is -3.70. The summed E-state index contributed by atoms with van der Waals surface area (Å²) in [5.74, 6) is -0.110. The van der Waals surface area contributed by atoms with Crippen molar-refractivity contribution < 1.29 is 17.9 Å². The zero-order valence-corrected chi connectivity index (χ0v) is 21.5. The largest absolute Gasteiger partial charge is 0.379 e. The van der Waals surface area contributed by atoms with Gasteiger partial charge in [0.05, 0.1) is 28.7 Å². The molecular weight excluding hydrogens is 526 g/mol. The summed E-state index contributed by atoms with van der Waals surface area (Å²) in [5.41, 5.74) is 0.574. The monoisotopic (exact) mass is 551 g/mol. The van der Waals surface area contributed by atoms with Gasteiger partial charge in [-0.3, -0.25) is 14.0 Å². The van der Waals surface area contributed by atoms with Crippen LogP contribution >= 0.6 is 27.3 Å². The van der Waals surface area contributed by atoms with Crippen molar-refractivity contribution in [2.45, 2.75) is 11.8 Å². The van der Waals surface area contributed by atoms with E-state index >= 15 is 0 Å². The number of benzene rings is 2. The molecule has 0 spiro atoms. The van der Waals surface area contributed by atoms with Crippen LogP contribution in [0.15, 0.2) is 57.9 Å². The average Bonchev–Trinajstić information content (AvgIpc) is 3.24. The highest BCUT2D eigenvalue weighted by molar-refractivity contribution is 9.10. The average molecular weight is 553 g/mol. The van der Waals surface area contributed by atoms with Gasteiger partial charge in [-0.1, -0.05) is 15.9 Å². The van der Waals surface area contributed by atoms with Crippen molar-refractivity contribution in [2.24, 2.45) is 0 Å². The molecule has 1 saturated heterocycles. The third-order valence-electron chi connectivity index (χ3n) is 5.52. The molecule has 10 heteroatoms. The molecule has 0 aliphatic carbocycles. The quantitative estimate of drug-likeness (QED) is 0.458. The third-order valence-corrected chi connectivity index (χ3v) is 9.08. The van der Waals surface area contributed by atoms with E-state index in [4.69, 9.17) is 4.74 Å². The molecule has 0 bridgehead atoms. The van der Waals surface area contributed by atoms with Crippen molar-refractivity contribution in [2.75, 3.05) is 50.2 Å². The molecule has 4 rings (SSSR count). The molecule has 176 valence electrons. The predicted molar refractivity (Wildman–Crippen MR) is 136 cm³/mol. The zero-order valence-electron chi connectivity index (χ0n) is 18.3. The van der Waals surface area contributed by atoms with Crippen LogP contribution in [0.4, 0.5) is 5.69 Å². The Morgan fingerprint density at radius 3 is 2.58 bits per heavy atom. The Kier molecular flexibility index (Phi) is 7.70. The standard InChI is InChI=1S/C23H26BrN3O4S2/c1-2-27(33(29,30)20-6-3-18(24)4-7-20)19-5-8-21-17(15-19)16-22(32-21)23(28)25-9-10-26-11-13-31-14-12-26/h3-8,15-16H,2,9-14H2,1H3,(H,25,28). The molecular formula is C23H26BrN3O4S2. The number of carbonyl (C=O) groups excluding carboxylic acids is 1. The fourth-order valence-electron chi connectivity index (χ4n) is 3.76. The summed E-state index contributed by atoms with van der Waals surface area (Å²) in [4.78, 5) is 15.8. The van der Waals surface area contributed by atoms with Gasteiger partial charge in [-0.05, 0) is 60.8 Å². The molecule has 0 atom stereocenters. The van der Waals surface area contributed by atoms with Crippen molar-refractivity contribution >= 4 is 59.0 Å². The van der Waals surface area contributed by atoms with E-state index in [-0.39, 0.29) is 10.8 Å². The molecule has 1 amide bonds. The van der Waals surface area contributed by atoms with Crippen LogP contribution in [0.25, 0.3) is 10.1 Å². The van der Waals surface area contributed by atoms with Crippen LogP contribution in [0, 0.1) is 0 Å². The Morgan fingerprint density at radius 1 is 1.15 bits per heavy atom. The molecule has 0 radical (unpaired) electrons. The Labute approximate surface area is 206 Å². The smallest absolute Gasteiger partial charge is 0.264 e. The Bertz CT molecular complexity index is 1220. The molecule has 2 aromatic carbocycles. The fraction of sp³-hybridized carbons (Fsp3) is 0.348. The number of hydrogen-bond acceptors (Lipinski definition) is 6. The number of rotatable bonds is 8. The number of anilines is 1. The van der Waals surface area contributed by atoms with Gasteiger partial charge in [0.2, 0.25) is 0 Å². The first-order chi connectivity index (χ1) is 15.9. The van der Waals surface area contributed by atoms with E-state index in [9.17, 15) is 13.2 Å². The van der Waals surface area contributed by atoms with Crippen LogP contribution in [-0.2, 0) is 14.8 Å². The first-order valence-electron chi connectivity index (χ1n) is 10.8. The van der Waals surface area contributed by atoms with Gasteiger partial charge >= 0.3 is 0 Å². The summed E-state index contributed by atoms with van der Waals surface area (Å²) in [6.07, 6.45) is 0. The Hall–Kier alpha value is -1.98. The molecule has 0 unspecified atom stereocenters. The summed E-state index contributed by atoms with van der Waals surface area (Å²) in [5, 5.41) is 3.83. The van der Waals surface area contributed by atoms with Crippen LogP contribution in [0.5, 0.6) is 0 Å². The van der Waals surface area contributed by atoms with Crippen LogP contribution in [-0.4, -0.2) is 65.2 Å². The van der Waals surface area contributed by atoms with Gasteiger partial charge in [0.25, 0.3) is 15.9 Å². The van der Waals surface area contributed by atoms with Crippen molar-refractivity contribution in [3.05, 3.63) is 57.9 Å². The lowest BCUT2D eigenvalue weighted by Gasteiger charge is -2.26. The van der Waals surface area contributed by atoms with Gasteiger partial charge in [-0.25, -0.2) is 8.42 Å². The number of amides is 1. The number of ether oxygens (including phenoxy) is 1. The maximum atomic E-state index is 13.2. The van der Waals surface area contributed by atoms with Crippen molar-refractivity contribution in [1.82, 2.24) is 10.2 Å². The molecule has 3 aromatic rings. The number of carbonyl (C=O) groups is 1. The van der Waals surface area contributed by atoms with Gasteiger partial charge in [0.1, 0.15) is 0 Å². The highest BCUT2D eigenvalue weighted by Crippen LogP contribution is 2.32. The molecule has 1 aromatic heterocycles. The van der Waals surface area contributed by atoms with E-state index in [1.807, 2.05) is 25.1 Å². The minimum Gasteiger partial charge on any atom is -0.379 e. The number of morpholine rings is 1. The number of nitrogens with one attached hydrogen (secondary N) is 1. The van der Waals surface area contributed by atoms with Gasteiger partial charge in [-0.2, -0.15) is 0 Å². The Balaban J connectivity index is 1.49. The normalized spacial score (nSPS) is 15.0. The van der Waals surface area contributed by atoms with E-state index in [1.165, 1.54) is 15.6 Å². The van der Waals surface area contributed by atoms with Gasteiger partial charge in [0.15, 0.2) is 0 Å². The lowest BCUT2D eigenvalue weighted by atomic mass is 10.2. The third kappa shape index (κ3) is 5.58. The lowest BCUT2D eigenvalue weighted by molar-refractivity contribution is 0.0383. The molecule has 2 heterocycles. The molecule has 33 heavy (non-hydrogen) atoms. The zero-order chi connectivity index (χ0) is 23.4. The topological polar surface area (TPSA) is 79.0 Å². The number of halogens is 1. The van der Waals surface area contributed by atoms with E-state index < -0.39 is 10.0 Å². The maximum absolute atomic E-state index is 13.2. The summed E-state index contributed by atoms with van der Waals surface area (Å²) >= 11 is 4.75. The molecule has 0 saturated carbocycles. The Morgan fingerprint density at radius 2 is 1.88 bits per heavy atom. The number of sulfonamides is 1. The summed E-state index contributed by atoms with van der Waals surface area (Å²) in [7, 11) is -3.70. The summed E-state index contributed by atoms with van der Waals surface area (Å²) in [6.45, 7) is 6.72. The van der Waals surface area contributed by atoms with E-state index in [0.717, 1.165) is 47.4 Å². The molecule has 1 N–H and O–H groups in total. The second-order valence-corrected chi connectivity index (χ2v) is 11.5. The number of hydrogen-bond donors (Lipinski definition) is 1. The van der Waals surface area contributed by atoms with Crippen LogP contribution in [0.1, 0.15) is 16.6 Å². The van der Waals surface area contributed by atoms with Crippen LogP contribution < -0.4 is 9.62 Å². The maximum Gasteiger partial charge on any atom is 0.264 e. The number of thiophene rings is 1. The summed E-state index contributed by atoms with van der Waals surface area (Å²) < 4.78 is 34.9. The second kappa shape index (κ2) is 10.5. The second-order valence-electron chi connectivity index (χ2n) is 7.67. The van der Waals surface area contributed by atoms with Gasteiger partial charge in [-0.15, -0.1) is 11.3 Å². The number of fused-ring (bicyclic) bond motifs is 1. The molecule has 1 aliphatic heterocycles. The van der Waals surface area contributed by atoms with Gasteiger partial charge < -0.3 is 10.1 Å². The van der Waals surface area contributed by atoms with E-state index in [0.29, 0.717) is 23.7 Å². The van der Waals surface area contributed by atoms with E-state index in [1.54, 1.807) is 30.3 Å². The highest BCUT2D eigenvalue weighted by Gasteiger charge is 2.24. The molecule has 1 aliphatic rings. The predicted octanol–water partition coefficient (Wildman–Crippen LogP) is 3.94. The highest BCUT2D eigenvalue weighted by atomic mass is 79.9.